The van der Waals surface area contributed by atoms with Gasteiger partial charge < -0.3 is 5.11 Å². The standard InChI is InChI=1S/C18H16N2O2S/c1-11-7-8-17(23-11)12(2)19-20-18(22)15-9-13-5-3-4-6-14(13)10-16(15)21/h3-10,21H,1-2H3,(H,20,22)/b19-12+. The van der Waals surface area contributed by atoms with E-state index in [1.54, 1.807) is 23.5 Å². The molecule has 5 heteroatoms. The number of amides is 1. The number of phenolic OH excluding ortho intramolecular Hbond substituents is 1. The molecule has 0 radical (unpaired) electrons. The average molecular weight is 324 g/mol. The van der Waals surface area contributed by atoms with E-state index in [1.807, 2.05) is 50.2 Å². The molecule has 0 bridgehead atoms. The lowest BCUT2D eigenvalue weighted by molar-refractivity contribution is 0.0952. The van der Waals surface area contributed by atoms with E-state index >= 15 is 0 Å². The molecule has 0 atom stereocenters. The van der Waals surface area contributed by atoms with E-state index in [1.165, 1.54) is 4.88 Å². The summed E-state index contributed by atoms with van der Waals surface area (Å²) in [5.41, 5.74) is 3.45. The van der Waals surface area contributed by atoms with Crippen molar-refractivity contribution in [1.29, 1.82) is 0 Å². The Kier molecular flexibility index (Phi) is 4.12. The van der Waals surface area contributed by atoms with Crippen LogP contribution >= 0.6 is 11.3 Å². The molecule has 2 aromatic carbocycles. The number of nitrogens with zero attached hydrogens (tertiary/aromatic N) is 1. The Morgan fingerprint density at radius 2 is 1.83 bits per heavy atom. The fraction of sp³-hybridized carbons (Fsp3) is 0.111. The minimum absolute atomic E-state index is 0.0546. The van der Waals surface area contributed by atoms with Crippen LogP contribution in [0.5, 0.6) is 5.75 Å². The highest BCUT2D eigenvalue weighted by Gasteiger charge is 2.12. The molecule has 0 saturated heterocycles. The molecule has 3 aromatic rings. The van der Waals surface area contributed by atoms with Gasteiger partial charge in [0.25, 0.3) is 5.91 Å². The molecule has 1 heterocycles. The van der Waals surface area contributed by atoms with Crippen LogP contribution in [0.15, 0.2) is 53.6 Å². The van der Waals surface area contributed by atoms with Crippen molar-refractivity contribution >= 4 is 33.7 Å². The van der Waals surface area contributed by atoms with E-state index in [0.717, 1.165) is 21.4 Å². The maximum absolute atomic E-state index is 12.3. The van der Waals surface area contributed by atoms with Gasteiger partial charge in [-0.1, -0.05) is 24.3 Å². The topological polar surface area (TPSA) is 61.7 Å². The molecule has 0 aliphatic carbocycles. The van der Waals surface area contributed by atoms with Crippen molar-refractivity contribution in [2.24, 2.45) is 5.10 Å². The summed E-state index contributed by atoms with van der Waals surface area (Å²) < 4.78 is 0. The zero-order valence-corrected chi connectivity index (χ0v) is 13.6. The molecular weight excluding hydrogens is 308 g/mol. The van der Waals surface area contributed by atoms with Crippen LogP contribution in [0.3, 0.4) is 0 Å². The summed E-state index contributed by atoms with van der Waals surface area (Å²) in [4.78, 5) is 14.5. The number of rotatable bonds is 3. The first-order valence-corrected chi connectivity index (χ1v) is 7.99. The predicted octanol–water partition coefficient (Wildman–Crippen LogP) is 4.07. The Labute approximate surface area is 138 Å². The molecule has 2 N–H and O–H groups in total. The summed E-state index contributed by atoms with van der Waals surface area (Å²) in [7, 11) is 0. The summed E-state index contributed by atoms with van der Waals surface area (Å²) in [5, 5.41) is 16.0. The first-order valence-electron chi connectivity index (χ1n) is 7.18. The number of hydrazone groups is 1. The lowest BCUT2D eigenvalue weighted by Gasteiger charge is -2.06. The Bertz CT molecular complexity index is 912. The summed E-state index contributed by atoms with van der Waals surface area (Å²) in [6, 6.07) is 14.8. The largest absolute Gasteiger partial charge is 0.507 e. The average Bonchev–Trinajstić information content (AvgIpc) is 2.98. The van der Waals surface area contributed by atoms with Gasteiger partial charge in [-0.15, -0.1) is 11.3 Å². The first-order chi connectivity index (χ1) is 11.0. The quantitative estimate of drug-likeness (QED) is 0.563. The van der Waals surface area contributed by atoms with Gasteiger partial charge in [0.1, 0.15) is 5.75 Å². The minimum atomic E-state index is -0.430. The minimum Gasteiger partial charge on any atom is -0.507 e. The summed E-state index contributed by atoms with van der Waals surface area (Å²) in [6.45, 7) is 3.86. The molecule has 0 fully saturated rings. The smallest absolute Gasteiger partial charge is 0.275 e. The number of aromatic hydroxyl groups is 1. The van der Waals surface area contributed by atoms with Crippen molar-refractivity contribution in [3.63, 3.8) is 0 Å². The number of fused-ring (bicyclic) bond motifs is 1. The van der Waals surface area contributed by atoms with Crippen LogP contribution < -0.4 is 5.43 Å². The zero-order chi connectivity index (χ0) is 16.4. The van der Waals surface area contributed by atoms with Gasteiger partial charge in [0, 0.05) is 4.88 Å². The lowest BCUT2D eigenvalue weighted by Crippen LogP contribution is -2.19. The van der Waals surface area contributed by atoms with Crippen LogP contribution in [0, 0.1) is 6.92 Å². The van der Waals surface area contributed by atoms with Crippen molar-refractivity contribution in [2.45, 2.75) is 13.8 Å². The second-order valence-electron chi connectivity index (χ2n) is 5.26. The fourth-order valence-corrected chi connectivity index (χ4v) is 3.10. The van der Waals surface area contributed by atoms with Crippen LogP contribution in [0.25, 0.3) is 10.8 Å². The SMILES string of the molecule is C/C(=N\NC(=O)c1cc2ccccc2cc1O)c1ccc(C)s1. The van der Waals surface area contributed by atoms with Gasteiger partial charge in [-0.05, 0) is 48.9 Å². The summed E-state index contributed by atoms with van der Waals surface area (Å²) in [5.74, 6) is -0.484. The maximum atomic E-state index is 12.3. The van der Waals surface area contributed by atoms with Gasteiger partial charge in [0.05, 0.1) is 16.2 Å². The lowest BCUT2D eigenvalue weighted by atomic mass is 10.1. The third-order valence-electron chi connectivity index (χ3n) is 3.53. The van der Waals surface area contributed by atoms with Crippen LogP contribution in [0.2, 0.25) is 0 Å². The molecule has 4 nitrogen and oxygen atoms in total. The van der Waals surface area contributed by atoms with Crippen LogP contribution in [0.1, 0.15) is 27.0 Å². The molecule has 1 amide bonds. The number of aryl methyl sites for hydroxylation is 1. The zero-order valence-electron chi connectivity index (χ0n) is 12.8. The Morgan fingerprint density at radius 1 is 1.13 bits per heavy atom. The van der Waals surface area contributed by atoms with Crippen molar-refractivity contribution in [2.75, 3.05) is 0 Å². The molecular formula is C18H16N2O2S. The van der Waals surface area contributed by atoms with Crippen LogP contribution in [-0.4, -0.2) is 16.7 Å². The number of carbonyl (C=O) groups is 1. The number of phenols is 1. The van der Waals surface area contributed by atoms with E-state index in [2.05, 4.69) is 10.5 Å². The van der Waals surface area contributed by atoms with Gasteiger partial charge in [-0.3, -0.25) is 4.79 Å². The highest BCUT2D eigenvalue weighted by atomic mass is 32.1. The molecule has 0 aliphatic rings. The van der Waals surface area contributed by atoms with Crippen molar-refractivity contribution in [3.05, 3.63) is 63.8 Å². The normalized spacial score (nSPS) is 11.7. The van der Waals surface area contributed by atoms with E-state index in [0.29, 0.717) is 0 Å². The Balaban J connectivity index is 1.84. The molecule has 0 spiro atoms. The number of benzene rings is 2. The van der Waals surface area contributed by atoms with E-state index in [4.69, 9.17) is 0 Å². The molecule has 0 unspecified atom stereocenters. The number of nitrogens with one attached hydrogen (secondary N) is 1. The molecule has 23 heavy (non-hydrogen) atoms. The molecule has 3 rings (SSSR count). The predicted molar refractivity (Wildman–Crippen MR) is 94.3 cm³/mol. The molecule has 116 valence electrons. The second-order valence-corrected chi connectivity index (χ2v) is 6.55. The first kappa shape index (κ1) is 15.2. The third kappa shape index (κ3) is 3.24. The number of hydrogen-bond acceptors (Lipinski definition) is 4. The van der Waals surface area contributed by atoms with E-state index in [-0.39, 0.29) is 11.3 Å². The van der Waals surface area contributed by atoms with E-state index < -0.39 is 5.91 Å². The van der Waals surface area contributed by atoms with Gasteiger partial charge in [-0.2, -0.15) is 5.10 Å². The van der Waals surface area contributed by atoms with Crippen LogP contribution in [-0.2, 0) is 0 Å². The van der Waals surface area contributed by atoms with Gasteiger partial charge >= 0.3 is 0 Å². The third-order valence-corrected chi connectivity index (χ3v) is 4.64. The monoisotopic (exact) mass is 324 g/mol. The second kappa shape index (κ2) is 6.22. The highest BCUT2D eigenvalue weighted by Crippen LogP contribution is 2.25. The van der Waals surface area contributed by atoms with Crippen molar-refractivity contribution in [3.8, 4) is 5.75 Å². The highest BCUT2D eigenvalue weighted by molar-refractivity contribution is 7.14. The maximum Gasteiger partial charge on any atom is 0.275 e. The van der Waals surface area contributed by atoms with Crippen LogP contribution in [0.4, 0.5) is 0 Å². The summed E-state index contributed by atoms with van der Waals surface area (Å²) >= 11 is 1.62. The Hall–Kier alpha value is -2.66. The van der Waals surface area contributed by atoms with Crippen molar-refractivity contribution in [1.82, 2.24) is 5.43 Å². The van der Waals surface area contributed by atoms with Gasteiger partial charge in [0.2, 0.25) is 0 Å². The van der Waals surface area contributed by atoms with Crippen molar-refractivity contribution < 1.29 is 9.90 Å². The molecule has 0 saturated carbocycles. The number of carbonyl (C=O) groups excluding carboxylic acids is 1. The fourth-order valence-electron chi connectivity index (χ4n) is 2.29. The molecule has 0 aliphatic heterocycles. The number of hydrogen-bond donors (Lipinski definition) is 2. The van der Waals surface area contributed by atoms with Gasteiger partial charge in [0.15, 0.2) is 0 Å². The van der Waals surface area contributed by atoms with Gasteiger partial charge in [-0.25, -0.2) is 5.43 Å². The Morgan fingerprint density at radius 3 is 2.48 bits per heavy atom. The summed E-state index contributed by atoms with van der Waals surface area (Å²) in [6.07, 6.45) is 0. The van der Waals surface area contributed by atoms with E-state index in [9.17, 15) is 9.90 Å². The number of thiophene rings is 1. The molecule has 1 aromatic heterocycles.